The zero-order valence-electron chi connectivity index (χ0n) is 11.2. The van der Waals surface area contributed by atoms with Crippen molar-refractivity contribution in [3.63, 3.8) is 0 Å². The minimum atomic E-state index is 0.0600. The van der Waals surface area contributed by atoms with Crippen LogP contribution < -0.4 is 5.32 Å². The van der Waals surface area contributed by atoms with Crippen molar-refractivity contribution in [2.45, 2.75) is 51.0 Å². The molecule has 0 spiro atoms. The number of nitrogens with one attached hydrogen (secondary N) is 1. The second-order valence-corrected chi connectivity index (χ2v) is 6.86. The molecule has 3 rings (SSSR count). The quantitative estimate of drug-likeness (QED) is 0.893. The topological polar surface area (TPSA) is 49.3 Å². The molecule has 1 aromatic heterocycles. The minimum absolute atomic E-state index is 0.0600. The maximum atomic E-state index is 12.3. The normalized spacial score (nSPS) is 26.2. The summed E-state index contributed by atoms with van der Waals surface area (Å²) >= 11 is 1.65. The number of carbonyl (C=O) groups is 1. The van der Waals surface area contributed by atoms with Gasteiger partial charge in [-0.3, -0.25) is 4.79 Å². The molecular weight excluding hydrogens is 258 g/mol. The Morgan fingerprint density at radius 2 is 2.16 bits per heavy atom. The largest absolute Gasteiger partial charge is 0.396 e. The fourth-order valence-corrected chi connectivity index (χ4v) is 4.45. The number of fused-ring (bicyclic) bond motifs is 1. The molecule has 0 aliphatic heterocycles. The Balaban J connectivity index is 1.66. The Labute approximate surface area is 118 Å². The zero-order valence-corrected chi connectivity index (χ0v) is 12.0. The van der Waals surface area contributed by atoms with Gasteiger partial charge in [-0.25, -0.2) is 0 Å². The van der Waals surface area contributed by atoms with Crippen molar-refractivity contribution in [1.82, 2.24) is 5.32 Å². The molecule has 104 valence electrons. The molecule has 0 radical (unpaired) electrons. The monoisotopic (exact) mass is 279 g/mol. The maximum Gasteiger partial charge on any atom is 0.261 e. The van der Waals surface area contributed by atoms with Crippen molar-refractivity contribution in [3.05, 3.63) is 21.4 Å². The van der Waals surface area contributed by atoms with Crippen LogP contribution in [0.25, 0.3) is 0 Å². The molecule has 19 heavy (non-hydrogen) atoms. The summed E-state index contributed by atoms with van der Waals surface area (Å²) in [6, 6.07) is 2.22. The maximum absolute atomic E-state index is 12.3. The fourth-order valence-electron chi connectivity index (χ4n) is 3.30. The molecule has 2 aliphatic carbocycles. The van der Waals surface area contributed by atoms with Crippen molar-refractivity contribution in [1.29, 1.82) is 0 Å². The average molecular weight is 279 g/mol. The third-order valence-electron chi connectivity index (χ3n) is 4.43. The summed E-state index contributed by atoms with van der Waals surface area (Å²) in [5.74, 6) is 0.300. The number of rotatable bonds is 3. The molecule has 2 unspecified atom stereocenters. The van der Waals surface area contributed by atoms with Gasteiger partial charge in [0, 0.05) is 23.4 Å². The predicted octanol–water partition coefficient (Wildman–Crippen LogP) is 2.52. The van der Waals surface area contributed by atoms with E-state index in [2.05, 4.69) is 11.4 Å². The molecular formula is C15H21NO2S. The van der Waals surface area contributed by atoms with Crippen LogP contribution in [-0.4, -0.2) is 23.7 Å². The van der Waals surface area contributed by atoms with E-state index in [9.17, 15) is 9.90 Å². The molecule has 1 heterocycles. The number of hydrogen-bond donors (Lipinski definition) is 2. The van der Waals surface area contributed by atoms with Crippen LogP contribution in [0.2, 0.25) is 0 Å². The average Bonchev–Trinajstić information content (AvgIpc) is 3.00. The van der Waals surface area contributed by atoms with Crippen LogP contribution in [0.3, 0.4) is 0 Å². The van der Waals surface area contributed by atoms with E-state index < -0.39 is 0 Å². The number of aliphatic hydroxyl groups excluding tert-OH is 1. The van der Waals surface area contributed by atoms with Crippen molar-refractivity contribution in [2.75, 3.05) is 6.61 Å². The summed E-state index contributed by atoms with van der Waals surface area (Å²) in [7, 11) is 0. The van der Waals surface area contributed by atoms with E-state index in [1.807, 2.05) is 0 Å². The number of aliphatic hydroxyl groups is 1. The van der Waals surface area contributed by atoms with Gasteiger partial charge in [0.25, 0.3) is 5.91 Å². The van der Waals surface area contributed by atoms with E-state index in [0.29, 0.717) is 0 Å². The Hall–Kier alpha value is -0.870. The summed E-state index contributed by atoms with van der Waals surface area (Å²) in [6.45, 7) is 0.186. The smallest absolute Gasteiger partial charge is 0.261 e. The van der Waals surface area contributed by atoms with E-state index in [1.54, 1.807) is 11.3 Å². The highest BCUT2D eigenvalue weighted by Crippen LogP contribution is 2.31. The van der Waals surface area contributed by atoms with Gasteiger partial charge >= 0.3 is 0 Å². The summed E-state index contributed by atoms with van der Waals surface area (Å²) < 4.78 is 0. The lowest BCUT2D eigenvalue weighted by molar-refractivity contribution is 0.0876. The highest BCUT2D eigenvalue weighted by Gasteiger charge is 2.27. The van der Waals surface area contributed by atoms with Crippen molar-refractivity contribution < 1.29 is 9.90 Å². The van der Waals surface area contributed by atoms with Gasteiger partial charge in [-0.2, -0.15) is 0 Å². The summed E-state index contributed by atoms with van der Waals surface area (Å²) in [5, 5.41) is 12.5. The second kappa shape index (κ2) is 5.63. The van der Waals surface area contributed by atoms with Crippen LogP contribution in [-0.2, 0) is 12.8 Å². The van der Waals surface area contributed by atoms with Crippen LogP contribution in [0.4, 0.5) is 0 Å². The van der Waals surface area contributed by atoms with E-state index >= 15 is 0 Å². The first-order chi connectivity index (χ1) is 9.28. The van der Waals surface area contributed by atoms with E-state index in [4.69, 9.17) is 0 Å². The van der Waals surface area contributed by atoms with Crippen LogP contribution >= 0.6 is 11.3 Å². The van der Waals surface area contributed by atoms with Crippen molar-refractivity contribution >= 4 is 17.2 Å². The second-order valence-electron chi connectivity index (χ2n) is 5.72. The minimum Gasteiger partial charge on any atom is -0.396 e. The molecule has 2 N–H and O–H groups in total. The Morgan fingerprint density at radius 3 is 2.95 bits per heavy atom. The van der Waals surface area contributed by atoms with Crippen molar-refractivity contribution in [2.24, 2.45) is 5.92 Å². The number of amides is 1. The van der Waals surface area contributed by atoms with Gasteiger partial charge in [0.05, 0.1) is 4.88 Å². The van der Waals surface area contributed by atoms with Crippen LogP contribution in [0.5, 0.6) is 0 Å². The van der Waals surface area contributed by atoms with Gasteiger partial charge in [0.2, 0.25) is 0 Å². The number of aryl methyl sites for hydroxylation is 2. The van der Waals surface area contributed by atoms with Gasteiger partial charge in [0.1, 0.15) is 0 Å². The molecule has 2 atom stereocenters. The van der Waals surface area contributed by atoms with Gasteiger partial charge in [-0.05, 0) is 43.7 Å². The number of hydrogen-bond acceptors (Lipinski definition) is 3. The van der Waals surface area contributed by atoms with Gasteiger partial charge in [-0.1, -0.05) is 12.8 Å². The lowest BCUT2D eigenvalue weighted by Crippen LogP contribution is -2.43. The van der Waals surface area contributed by atoms with E-state index in [0.717, 1.165) is 37.0 Å². The molecule has 1 fully saturated rings. The first-order valence-electron chi connectivity index (χ1n) is 7.31. The van der Waals surface area contributed by atoms with Crippen LogP contribution in [0, 0.1) is 5.92 Å². The SMILES string of the molecule is O=C(NC1CCCCC1CO)c1cc2c(s1)CCC2. The zero-order chi connectivity index (χ0) is 13.2. The molecule has 3 nitrogen and oxygen atoms in total. The first kappa shape index (κ1) is 13.1. The molecule has 1 saturated carbocycles. The van der Waals surface area contributed by atoms with Gasteiger partial charge in [-0.15, -0.1) is 11.3 Å². The molecule has 0 bridgehead atoms. The summed E-state index contributed by atoms with van der Waals surface area (Å²) in [5.41, 5.74) is 1.37. The Morgan fingerprint density at radius 1 is 1.32 bits per heavy atom. The highest BCUT2D eigenvalue weighted by atomic mass is 32.1. The fraction of sp³-hybridized carbons (Fsp3) is 0.667. The molecule has 2 aliphatic rings. The lowest BCUT2D eigenvalue weighted by atomic mass is 9.85. The molecule has 0 saturated heterocycles. The number of carbonyl (C=O) groups excluding carboxylic acids is 1. The van der Waals surface area contributed by atoms with Crippen molar-refractivity contribution in [3.8, 4) is 0 Å². The first-order valence-corrected chi connectivity index (χ1v) is 8.13. The summed E-state index contributed by atoms with van der Waals surface area (Å²) in [6.07, 6.45) is 7.85. The lowest BCUT2D eigenvalue weighted by Gasteiger charge is -2.30. The Kier molecular flexibility index (Phi) is 3.89. The molecule has 1 amide bonds. The predicted molar refractivity (Wildman–Crippen MR) is 76.6 cm³/mol. The molecule has 4 heteroatoms. The highest BCUT2D eigenvalue weighted by molar-refractivity contribution is 7.14. The van der Waals surface area contributed by atoms with Gasteiger partial charge < -0.3 is 10.4 Å². The third kappa shape index (κ3) is 2.70. The molecule has 1 aromatic rings. The van der Waals surface area contributed by atoms with Crippen LogP contribution in [0.15, 0.2) is 6.07 Å². The van der Waals surface area contributed by atoms with Gasteiger partial charge in [0.15, 0.2) is 0 Å². The standard InChI is InChI=1S/C15H21NO2S/c17-9-11-4-1-2-6-12(11)16-15(18)14-8-10-5-3-7-13(10)19-14/h8,11-12,17H,1-7,9H2,(H,16,18). The van der Waals surface area contributed by atoms with E-state index in [-0.39, 0.29) is 24.5 Å². The summed E-state index contributed by atoms with van der Waals surface area (Å²) in [4.78, 5) is 14.5. The van der Waals surface area contributed by atoms with Crippen LogP contribution in [0.1, 0.15) is 52.2 Å². The Bertz CT molecular complexity index is 447. The molecule has 0 aromatic carbocycles. The third-order valence-corrected chi connectivity index (χ3v) is 5.67. The number of thiophene rings is 1. The van der Waals surface area contributed by atoms with E-state index in [1.165, 1.54) is 23.3 Å².